The van der Waals surface area contributed by atoms with Crippen LogP contribution in [0, 0.1) is 12.3 Å². The molecule has 5 nitrogen and oxygen atoms in total. The Balaban J connectivity index is 3.11. The minimum absolute atomic E-state index is 0.0190. The van der Waals surface area contributed by atoms with Crippen molar-refractivity contribution < 1.29 is 18.3 Å². The number of carboxylic acids is 1. The number of carboxylic acid groups (broad SMARTS) is 1. The lowest BCUT2D eigenvalue weighted by Gasteiger charge is -2.27. The molecule has 0 aliphatic heterocycles. The summed E-state index contributed by atoms with van der Waals surface area (Å²) in [4.78, 5) is 11.2. The van der Waals surface area contributed by atoms with Gasteiger partial charge in [-0.05, 0) is 24.0 Å². The number of nitrogens with one attached hydrogen (secondary N) is 1. The third-order valence-electron chi connectivity index (χ3n) is 2.49. The van der Waals surface area contributed by atoms with Gasteiger partial charge in [-0.3, -0.25) is 4.79 Å². The van der Waals surface area contributed by atoms with E-state index in [4.69, 9.17) is 16.7 Å². The number of hydrogen-bond donors (Lipinski definition) is 2. The molecule has 0 aliphatic rings. The van der Waals surface area contributed by atoms with Crippen LogP contribution in [0.2, 0.25) is 4.34 Å². The van der Waals surface area contributed by atoms with Crippen molar-refractivity contribution in [3.05, 3.63) is 16.0 Å². The number of hydrogen-bond acceptors (Lipinski definition) is 4. The van der Waals surface area contributed by atoms with Crippen LogP contribution >= 0.6 is 22.9 Å². The van der Waals surface area contributed by atoms with Gasteiger partial charge in [-0.2, -0.15) is 4.72 Å². The first-order valence-corrected chi connectivity index (χ1v) is 8.14. The lowest BCUT2D eigenvalue weighted by molar-refractivity contribution is -0.141. The molecule has 0 saturated heterocycles. The fourth-order valence-electron chi connectivity index (χ4n) is 1.38. The Kier molecular flexibility index (Phi) is 4.66. The molecule has 8 heteroatoms. The maximum atomic E-state index is 12.1. The van der Waals surface area contributed by atoms with Crippen LogP contribution in [0.15, 0.2) is 10.3 Å². The molecule has 0 saturated carbocycles. The Morgan fingerprint density at radius 2 is 2.00 bits per heavy atom. The fourth-order valence-corrected chi connectivity index (χ4v) is 4.49. The molecular weight excluding hydrogens is 310 g/mol. The molecule has 2 N–H and O–H groups in total. The van der Waals surface area contributed by atoms with Gasteiger partial charge < -0.3 is 5.11 Å². The highest BCUT2D eigenvalue weighted by molar-refractivity contribution is 7.91. The number of rotatable bonds is 4. The SMILES string of the molecule is Cc1cc(S(=O)(=O)N[C@@H](C(=O)O)C(C)(C)C)sc1Cl. The molecular formula is C11H16ClNO4S2. The van der Waals surface area contributed by atoms with Gasteiger partial charge in [0.25, 0.3) is 10.0 Å². The summed E-state index contributed by atoms with van der Waals surface area (Å²) < 4.78 is 26.9. The van der Waals surface area contributed by atoms with Gasteiger partial charge in [0.1, 0.15) is 10.3 Å². The standard InChI is InChI=1S/C11H16ClNO4S2/c1-6-5-7(18-9(6)12)19(16,17)13-8(10(14)15)11(2,3)4/h5,8,13H,1-4H3,(H,14,15)/t8-/m0/s1. The molecule has 0 fully saturated rings. The van der Waals surface area contributed by atoms with Gasteiger partial charge in [-0.15, -0.1) is 11.3 Å². The van der Waals surface area contributed by atoms with Crippen molar-refractivity contribution in [2.24, 2.45) is 5.41 Å². The summed E-state index contributed by atoms with van der Waals surface area (Å²) >= 11 is 6.74. The van der Waals surface area contributed by atoms with E-state index < -0.39 is 27.4 Å². The third kappa shape index (κ3) is 3.92. The van der Waals surface area contributed by atoms with Crippen LogP contribution in [0.3, 0.4) is 0 Å². The Labute approximate surface area is 121 Å². The Hall–Kier alpha value is -0.630. The fraction of sp³-hybridized carbons (Fsp3) is 0.545. The monoisotopic (exact) mass is 325 g/mol. The second-order valence-corrected chi connectivity index (χ2v) is 8.88. The van der Waals surface area contributed by atoms with Gasteiger partial charge in [0.05, 0.1) is 4.34 Å². The first kappa shape index (κ1) is 16.4. The average Bonchev–Trinajstić information content (AvgIpc) is 2.55. The van der Waals surface area contributed by atoms with Crippen LogP contribution in [0.5, 0.6) is 0 Å². The molecule has 0 spiro atoms. The molecule has 108 valence electrons. The highest BCUT2D eigenvalue weighted by Crippen LogP contribution is 2.31. The molecule has 0 unspecified atom stereocenters. The number of halogens is 1. The summed E-state index contributed by atoms with van der Waals surface area (Å²) in [5, 5.41) is 9.13. The van der Waals surface area contributed by atoms with Crippen LogP contribution < -0.4 is 4.72 Å². The topological polar surface area (TPSA) is 83.5 Å². The van der Waals surface area contributed by atoms with Crippen LogP contribution in [0.1, 0.15) is 26.3 Å². The van der Waals surface area contributed by atoms with E-state index in [1.165, 1.54) is 6.07 Å². The van der Waals surface area contributed by atoms with E-state index in [2.05, 4.69) is 4.72 Å². The predicted octanol–water partition coefficient (Wildman–Crippen LogP) is 2.49. The number of sulfonamides is 1. The first-order chi connectivity index (χ1) is 8.45. The predicted molar refractivity (Wildman–Crippen MR) is 75.3 cm³/mol. The zero-order chi connectivity index (χ0) is 15.0. The van der Waals surface area contributed by atoms with Gasteiger partial charge in [0.15, 0.2) is 0 Å². The van der Waals surface area contributed by atoms with E-state index in [0.717, 1.165) is 11.3 Å². The van der Waals surface area contributed by atoms with Gasteiger partial charge in [-0.25, -0.2) is 8.42 Å². The highest BCUT2D eigenvalue weighted by atomic mass is 35.5. The molecule has 0 bridgehead atoms. The summed E-state index contributed by atoms with van der Waals surface area (Å²) in [7, 11) is -3.89. The van der Waals surface area contributed by atoms with Crippen molar-refractivity contribution in [3.8, 4) is 0 Å². The van der Waals surface area contributed by atoms with E-state index in [9.17, 15) is 13.2 Å². The van der Waals surface area contributed by atoms with E-state index in [0.29, 0.717) is 9.90 Å². The number of thiophene rings is 1. The molecule has 1 atom stereocenters. The number of aliphatic carboxylic acids is 1. The molecule has 1 aromatic rings. The largest absolute Gasteiger partial charge is 0.480 e. The molecule has 0 aromatic carbocycles. The third-order valence-corrected chi connectivity index (χ3v) is 5.94. The van der Waals surface area contributed by atoms with Crippen LogP contribution in [0.25, 0.3) is 0 Å². The lowest BCUT2D eigenvalue weighted by Crippen LogP contribution is -2.48. The first-order valence-electron chi connectivity index (χ1n) is 5.46. The average molecular weight is 326 g/mol. The molecule has 19 heavy (non-hydrogen) atoms. The maximum Gasteiger partial charge on any atom is 0.322 e. The normalized spacial score (nSPS) is 14.4. The minimum Gasteiger partial charge on any atom is -0.480 e. The zero-order valence-corrected chi connectivity index (χ0v) is 13.4. The van der Waals surface area contributed by atoms with Gasteiger partial charge in [-0.1, -0.05) is 32.4 Å². The Morgan fingerprint density at radius 3 is 2.32 bits per heavy atom. The molecule has 0 aliphatic carbocycles. The highest BCUT2D eigenvalue weighted by Gasteiger charge is 2.35. The number of carbonyl (C=O) groups is 1. The van der Waals surface area contributed by atoms with Crippen molar-refractivity contribution in [2.45, 2.75) is 37.9 Å². The summed E-state index contributed by atoms with van der Waals surface area (Å²) in [5.74, 6) is -1.21. The van der Waals surface area contributed by atoms with Gasteiger partial charge >= 0.3 is 5.97 Å². The second-order valence-electron chi connectivity index (χ2n) is 5.28. The smallest absolute Gasteiger partial charge is 0.322 e. The second kappa shape index (κ2) is 5.40. The Morgan fingerprint density at radius 1 is 1.47 bits per heavy atom. The van der Waals surface area contributed by atoms with Gasteiger partial charge in [0, 0.05) is 0 Å². The van der Waals surface area contributed by atoms with Crippen molar-refractivity contribution in [1.29, 1.82) is 0 Å². The van der Waals surface area contributed by atoms with E-state index in [-0.39, 0.29) is 4.21 Å². The molecule has 1 rings (SSSR count). The number of aryl methyl sites for hydroxylation is 1. The van der Waals surface area contributed by atoms with Crippen molar-refractivity contribution >= 4 is 38.9 Å². The van der Waals surface area contributed by atoms with Crippen LogP contribution in [-0.4, -0.2) is 25.5 Å². The van der Waals surface area contributed by atoms with Crippen LogP contribution in [0.4, 0.5) is 0 Å². The van der Waals surface area contributed by atoms with E-state index in [1.54, 1.807) is 27.7 Å². The summed E-state index contributed by atoms with van der Waals surface area (Å²) in [6, 6.07) is 0.218. The summed E-state index contributed by atoms with van der Waals surface area (Å²) in [5.41, 5.74) is -0.0932. The summed E-state index contributed by atoms with van der Waals surface area (Å²) in [6.45, 7) is 6.65. The molecule has 1 aromatic heterocycles. The van der Waals surface area contributed by atoms with Crippen molar-refractivity contribution in [1.82, 2.24) is 4.72 Å². The Bertz CT molecular complexity index is 567. The molecule has 0 radical (unpaired) electrons. The molecule has 1 heterocycles. The molecule has 0 amide bonds. The van der Waals surface area contributed by atoms with Crippen molar-refractivity contribution in [2.75, 3.05) is 0 Å². The van der Waals surface area contributed by atoms with Crippen molar-refractivity contribution in [3.63, 3.8) is 0 Å². The maximum absolute atomic E-state index is 12.1. The van der Waals surface area contributed by atoms with Crippen LogP contribution in [-0.2, 0) is 14.8 Å². The minimum atomic E-state index is -3.89. The van der Waals surface area contributed by atoms with Gasteiger partial charge in [0.2, 0.25) is 0 Å². The lowest BCUT2D eigenvalue weighted by atomic mass is 9.88. The quantitative estimate of drug-likeness (QED) is 0.890. The zero-order valence-electron chi connectivity index (χ0n) is 11.0. The van der Waals surface area contributed by atoms with E-state index in [1.807, 2.05) is 0 Å². The van der Waals surface area contributed by atoms with E-state index >= 15 is 0 Å². The summed E-state index contributed by atoms with van der Waals surface area (Å²) in [6.07, 6.45) is 0.